The maximum absolute atomic E-state index is 4.49. The maximum Gasteiger partial charge on any atom is 0.208 e. The second-order valence-electron chi connectivity index (χ2n) is 6.53. The third kappa shape index (κ3) is 3.59. The van der Waals surface area contributed by atoms with E-state index in [9.17, 15) is 0 Å². The molecule has 4 rings (SSSR count). The number of anilines is 2. The van der Waals surface area contributed by atoms with Crippen LogP contribution < -0.4 is 5.32 Å². The Morgan fingerprint density at radius 1 is 1.23 bits per heavy atom. The molecule has 0 spiro atoms. The van der Waals surface area contributed by atoms with Crippen LogP contribution in [0.3, 0.4) is 0 Å². The number of rotatable bonds is 5. The summed E-state index contributed by atoms with van der Waals surface area (Å²) in [5, 5.41) is 4.14. The number of aromatic nitrogens is 4. The summed E-state index contributed by atoms with van der Waals surface area (Å²) in [5.41, 5.74) is 5.00. The fourth-order valence-corrected chi connectivity index (χ4v) is 3.87. The molecule has 3 heterocycles. The van der Waals surface area contributed by atoms with Crippen LogP contribution in [0.5, 0.6) is 0 Å². The lowest BCUT2D eigenvalue weighted by Gasteiger charge is -2.29. The van der Waals surface area contributed by atoms with Crippen LogP contribution in [-0.4, -0.2) is 30.8 Å². The van der Waals surface area contributed by atoms with Gasteiger partial charge in [0.25, 0.3) is 0 Å². The molecule has 7 heteroatoms. The molecule has 0 saturated heterocycles. The van der Waals surface area contributed by atoms with Crippen LogP contribution in [0.2, 0.25) is 0 Å². The SMILES string of the molecule is CCc1nsc(Nc2ncnc3c2CN(Cc2ccccc2C)CC3)n1. The Morgan fingerprint density at radius 2 is 2.12 bits per heavy atom. The summed E-state index contributed by atoms with van der Waals surface area (Å²) in [4.78, 5) is 15.9. The largest absolute Gasteiger partial charge is 0.315 e. The molecule has 0 radical (unpaired) electrons. The Balaban J connectivity index is 1.54. The molecule has 0 saturated carbocycles. The predicted molar refractivity (Wildman–Crippen MR) is 104 cm³/mol. The molecule has 0 fully saturated rings. The van der Waals surface area contributed by atoms with E-state index in [1.165, 1.54) is 28.2 Å². The van der Waals surface area contributed by atoms with Crippen molar-refractivity contribution in [2.75, 3.05) is 11.9 Å². The maximum atomic E-state index is 4.49. The number of nitrogens with one attached hydrogen (secondary N) is 1. The fraction of sp³-hybridized carbons (Fsp3) is 0.368. The first-order chi connectivity index (χ1) is 12.7. The van der Waals surface area contributed by atoms with Crippen LogP contribution in [0.1, 0.15) is 35.1 Å². The molecular weight excluding hydrogens is 344 g/mol. The highest BCUT2D eigenvalue weighted by molar-refractivity contribution is 7.09. The quantitative estimate of drug-likeness (QED) is 0.745. The van der Waals surface area contributed by atoms with Gasteiger partial charge in [-0.15, -0.1) is 0 Å². The summed E-state index contributed by atoms with van der Waals surface area (Å²) in [6.07, 6.45) is 3.42. The Kier molecular flexibility index (Phi) is 4.90. The number of hydrogen-bond acceptors (Lipinski definition) is 7. The van der Waals surface area contributed by atoms with Crippen molar-refractivity contribution in [3.63, 3.8) is 0 Å². The minimum Gasteiger partial charge on any atom is -0.315 e. The van der Waals surface area contributed by atoms with Gasteiger partial charge in [-0.25, -0.2) is 15.0 Å². The molecule has 0 bridgehead atoms. The average molecular weight is 366 g/mol. The summed E-state index contributed by atoms with van der Waals surface area (Å²) in [5.74, 6) is 1.71. The summed E-state index contributed by atoms with van der Waals surface area (Å²) in [6.45, 7) is 7.02. The van der Waals surface area contributed by atoms with E-state index in [0.29, 0.717) is 0 Å². The van der Waals surface area contributed by atoms with Gasteiger partial charge >= 0.3 is 0 Å². The molecule has 0 atom stereocenters. The van der Waals surface area contributed by atoms with Crippen LogP contribution in [-0.2, 0) is 25.9 Å². The molecule has 2 aromatic heterocycles. The second-order valence-corrected chi connectivity index (χ2v) is 7.28. The predicted octanol–water partition coefficient (Wildman–Crippen LogP) is 3.50. The summed E-state index contributed by atoms with van der Waals surface area (Å²) >= 11 is 1.38. The molecule has 6 nitrogen and oxygen atoms in total. The third-order valence-electron chi connectivity index (χ3n) is 4.75. The standard InChI is InChI=1S/C19H22N6S/c1-3-17-22-19(26-24-17)23-18-15-11-25(9-8-16(15)20-12-21-18)10-14-7-5-4-6-13(14)2/h4-7,12H,3,8-11H2,1-2H3,(H,20,21,22,23,24). The minimum atomic E-state index is 0.791. The number of hydrogen-bond donors (Lipinski definition) is 1. The number of benzene rings is 1. The topological polar surface area (TPSA) is 66.8 Å². The van der Waals surface area contributed by atoms with Gasteiger partial charge in [-0.2, -0.15) is 4.37 Å². The van der Waals surface area contributed by atoms with Crippen molar-refractivity contribution in [3.05, 3.63) is 58.8 Å². The van der Waals surface area contributed by atoms with E-state index < -0.39 is 0 Å². The molecule has 0 amide bonds. The molecule has 1 aliphatic heterocycles. The fourth-order valence-electron chi connectivity index (χ4n) is 3.22. The Hall–Kier alpha value is -2.38. The van der Waals surface area contributed by atoms with Crippen molar-refractivity contribution in [1.29, 1.82) is 0 Å². The minimum absolute atomic E-state index is 0.791. The average Bonchev–Trinajstić information content (AvgIpc) is 3.12. The first-order valence-electron chi connectivity index (χ1n) is 8.92. The zero-order chi connectivity index (χ0) is 17.9. The van der Waals surface area contributed by atoms with Crippen molar-refractivity contribution < 1.29 is 0 Å². The smallest absolute Gasteiger partial charge is 0.208 e. The Bertz CT molecular complexity index is 907. The highest BCUT2D eigenvalue weighted by Gasteiger charge is 2.22. The van der Waals surface area contributed by atoms with Crippen molar-refractivity contribution in [2.24, 2.45) is 0 Å². The van der Waals surface area contributed by atoms with Gasteiger partial charge < -0.3 is 5.32 Å². The lowest BCUT2D eigenvalue weighted by molar-refractivity contribution is 0.243. The number of fused-ring (bicyclic) bond motifs is 1. The van der Waals surface area contributed by atoms with E-state index in [2.05, 4.69) is 67.7 Å². The van der Waals surface area contributed by atoms with E-state index >= 15 is 0 Å². The molecule has 1 aromatic carbocycles. The van der Waals surface area contributed by atoms with E-state index in [1.54, 1.807) is 6.33 Å². The summed E-state index contributed by atoms with van der Waals surface area (Å²) < 4.78 is 4.34. The zero-order valence-corrected chi connectivity index (χ0v) is 15.9. The lowest BCUT2D eigenvalue weighted by Crippen LogP contribution is -2.31. The van der Waals surface area contributed by atoms with Crippen LogP contribution in [0, 0.1) is 6.92 Å². The van der Waals surface area contributed by atoms with E-state index in [4.69, 9.17) is 0 Å². The van der Waals surface area contributed by atoms with Crippen LogP contribution in [0.15, 0.2) is 30.6 Å². The van der Waals surface area contributed by atoms with Crippen LogP contribution in [0.4, 0.5) is 10.9 Å². The van der Waals surface area contributed by atoms with Gasteiger partial charge in [0, 0.05) is 49.6 Å². The van der Waals surface area contributed by atoms with Gasteiger partial charge in [-0.3, -0.25) is 4.90 Å². The normalized spacial score (nSPS) is 14.2. The summed E-state index contributed by atoms with van der Waals surface area (Å²) in [7, 11) is 0. The monoisotopic (exact) mass is 366 g/mol. The van der Waals surface area contributed by atoms with Gasteiger partial charge in [0.05, 0.1) is 5.69 Å². The Morgan fingerprint density at radius 3 is 2.92 bits per heavy atom. The highest BCUT2D eigenvalue weighted by atomic mass is 32.1. The van der Waals surface area contributed by atoms with Gasteiger partial charge in [0.1, 0.15) is 18.0 Å². The molecular formula is C19H22N6S. The van der Waals surface area contributed by atoms with Crippen LogP contribution >= 0.6 is 11.5 Å². The lowest BCUT2D eigenvalue weighted by atomic mass is 10.0. The summed E-state index contributed by atoms with van der Waals surface area (Å²) in [6, 6.07) is 8.58. The second kappa shape index (κ2) is 7.47. The molecule has 134 valence electrons. The molecule has 0 unspecified atom stereocenters. The number of nitrogens with zero attached hydrogens (tertiary/aromatic N) is 5. The van der Waals surface area contributed by atoms with E-state index in [-0.39, 0.29) is 0 Å². The van der Waals surface area contributed by atoms with Gasteiger partial charge in [0.2, 0.25) is 5.13 Å². The van der Waals surface area contributed by atoms with Gasteiger partial charge in [-0.05, 0) is 18.1 Å². The van der Waals surface area contributed by atoms with Crippen molar-refractivity contribution >= 4 is 22.5 Å². The van der Waals surface area contributed by atoms with Crippen molar-refractivity contribution in [2.45, 2.75) is 39.8 Å². The van der Waals surface area contributed by atoms with Crippen molar-refractivity contribution in [3.8, 4) is 0 Å². The molecule has 1 aliphatic rings. The zero-order valence-electron chi connectivity index (χ0n) is 15.1. The first kappa shape index (κ1) is 17.1. The van der Waals surface area contributed by atoms with E-state index in [0.717, 1.165) is 54.9 Å². The van der Waals surface area contributed by atoms with Gasteiger partial charge in [-0.1, -0.05) is 31.2 Å². The van der Waals surface area contributed by atoms with E-state index in [1.807, 2.05) is 0 Å². The molecule has 3 aromatic rings. The van der Waals surface area contributed by atoms with Gasteiger partial charge in [0.15, 0.2) is 0 Å². The molecule has 0 aliphatic carbocycles. The molecule has 26 heavy (non-hydrogen) atoms. The molecule has 1 N–H and O–H groups in total. The Labute approximate surface area is 157 Å². The van der Waals surface area contributed by atoms with Crippen molar-refractivity contribution in [1.82, 2.24) is 24.2 Å². The number of aryl methyl sites for hydroxylation is 2. The van der Waals surface area contributed by atoms with Crippen LogP contribution in [0.25, 0.3) is 0 Å². The first-order valence-corrected chi connectivity index (χ1v) is 9.69. The third-order valence-corrected chi connectivity index (χ3v) is 5.41. The highest BCUT2D eigenvalue weighted by Crippen LogP contribution is 2.27.